The number of hydrogen-bond donors (Lipinski definition) is 0. The third-order valence-corrected chi connectivity index (χ3v) is 3.88. The van der Waals surface area contributed by atoms with Crippen LogP contribution in [0.4, 0.5) is 10.5 Å². The molecule has 122 valence electrons. The highest BCUT2D eigenvalue weighted by molar-refractivity contribution is 5.95. The smallest absolute Gasteiger partial charge is 0.420 e. The second kappa shape index (κ2) is 7.04. The van der Waals surface area contributed by atoms with Gasteiger partial charge in [-0.15, -0.1) is 6.58 Å². The molecule has 0 saturated heterocycles. The van der Waals surface area contributed by atoms with Crippen molar-refractivity contribution in [3.8, 4) is 11.5 Å². The van der Waals surface area contributed by atoms with Crippen LogP contribution in [0.25, 0.3) is 6.08 Å². The van der Waals surface area contributed by atoms with E-state index in [9.17, 15) is 4.79 Å². The summed E-state index contributed by atoms with van der Waals surface area (Å²) in [6, 6.07) is 14.6. The van der Waals surface area contributed by atoms with Gasteiger partial charge in [0.2, 0.25) is 0 Å². The molecule has 1 atom stereocenters. The van der Waals surface area contributed by atoms with Gasteiger partial charge in [0.15, 0.2) is 0 Å². The molecule has 0 bridgehead atoms. The number of para-hydroxylation sites is 1. The topological polar surface area (TPSA) is 38.8 Å². The second-order valence-electron chi connectivity index (χ2n) is 5.43. The van der Waals surface area contributed by atoms with E-state index in [2.05, 4.69) is 6.58 Å². The van der Waals surface area contributed by atoms with Gasteiger partial charge in [-0.05, 0) is 36.8 Å². The number of carbonyl (C=O) groups excluding carboxylic acids is 1. The summed E-state index contributed by atoms with van der Waals surface area (Å²) < 4.78 is 10.8. The average Bonchev–Trinajstić information content (AvgIpc) is 2.62. The Labute approximate surface area is 141 Å². The maximum absolute atomic E-state index is 12.8. The molecule has 1 heterocycles. The van der Waals surface area contributed by atoms with Crippen molar-refractivity contribution < 1.29 is 14.3 Å². The van der Waals surface area contributed by atoms with Crippen molar-refractivity contribution in [2.24, 2.45) is 0 Å². The third-order valence-electron chi connectivity index (χ3n) is 3.88. The molecular weight excluding hydrogens is 302 g/mol. The van der Waals surface area contributed by atoms with Crippen LogP contribution >= 0.6 is 0 Å². The molecule has 1 aliphatic rings. The molecule has 0 spiro atoms. The Morgan fingerprint density at radius 2 is 2.00 bits per heavy atom. The van der Waals surface area contributed by atoms with Crippen LogP contribution in [-0.2, 0) is 0 Å². The SMILES string of the molecule is C=CCC1C=Cc2cc(OC)ccc2N1C(=O)Oc1ccccc1. The molecule has 0 N–H and O–H groups in total. The number of hydrogen-bond acceptors (Lipinski definition) is 3. The third kappa shape index (κ3) is 3.18. The predicted octanol–water partition coefficient (Wildman–Crippen LogP) is 4.67. The molecule has 2 aromatic rings. The number of nitrogens with zero attached hydrogens (tertiary/aromatic N) is 1. The van der Waals surface area contributed by atoms with Crippen molar-refractivity contribution in [3.63, 3.8) is 0 Å². The molecule has 1 amide bonds. The lowest BCUT2D eigenvalue weighted by molar-refractivity contribution is 0.206. The molecule has 0 fully saturated rings. The van der Waals surface area contributed by atoms with Crippen LogP contribution in [0.5, 0.6) is 11.5 Å². The van der Waals surface area contributed by atoms with E-state index in [4.69, 9.17) is 9.47 Å². The van der Waals surface area contributed by atoms with Gasteiger partial charge in [-0.25, -0.2) is 4.79 Å². The van der Waals surface area contributed by atoms with Gasteiger partial charge >= 0.3 is 6.09 Å². The molecule has 2 aromatic carbocycles. The first-order valence-corrected chi connectivity index (χ1v) is 7.76. The molecule has 4 heteroatoms. The molecule has 1 aliphatic heterocycles. The number of anilines is 1. The average molecular weight is 321 g/mol. The standard InChI is InChI=1S/C20H19NO3/c1-3-7-16-11-10-15-14-18(23-2)12-13-19(15)21(16)20(22)24-17-8-5-4-6-9-17/h3-6,8-14,16H,1,7H2,2H3. The lowest BCUT2D eigenvalue weighted by atomic mass is 10.0. The van der Waals surface area contributed by atoms with Crippen LogP contribution in [0.2, 0.25) is 0 Å². The monoisotopic (exact) mass is 321 g/mol. The number of fused-ring (bicyclic) bond motifs is 1. The summed E-state index contributed by atoms with van der Waals surface area (Å²) in [7, 11) is 1.62. The fraction of sp³-hybridized carbons (Fsp3) is 0.150. The fourth-order valence-corrected chi connectivity index (χ4v) is 2.72. The highest BCUT2D eigenvalue weighted by atomic mass is 16.6. The minimum Gasteiger partial charge on any atom is -0.497 e. The summed E-state index contributed by atoms with van der Waals surface area (Å²) in [5.74, 6) is 1.27. The Bertz CT molecular complexity index is 768. The normalized spacial score (nSPS) is 15.5. The van der Waals surface area contributed by atoms with Gasteiger partial charge in [0, 0.05) is 5.56 Å². The van der Waals surface area contributed by atoms with Crippen LogP contribution in [0.15, 0.2) is 67.3 Å². The lowest BCUT2D eigenvalue weighted by Crippen LogP contribution is -2.42. The van der Waals surface area contributed by atoms with Gasteiger partial charge in [-0.1, -0.05) is 36.4 Å². The Kier molecular flexibility index (Phi) is 4.66. The van der Waals surface area contributed by atoms with Crippen molar-refractivity contribution in [3.05, 3.63) is 72.8 Å². The molecule has 0 saturated carbocycles. The number of amides is 1. The highest BCUT2D eigenvalue weighted by Gasteiger charge is 2.29. The van der Waals surface area contributed by atoms with E-state index >= 15 is 0 Å². The summed E-state index contributed by atoms with van der Waals surface area (Å²) in [5.41, 5.74) is 1.71. The molecule has 0 aromatic heterocycles. The van der Waals surface area contributed by atoms with Gasteiger partial charge in [-0.2, -0.15) is 0 Å². The zero-order chi connectivity index (χ0) is 16.9. The minimum atomic E-state index is -0.413. The van der Waals surface area contributed by atoms with E-state index in [1.165, 1.54) is 0 Å². The van der Waals surface area contributed by atoms with E-state index < -0.39 is 6.09 Å². The van der Waals surface area contributed by atoms with Gasteiger partial charge in [0.25, 0.3) is 0 Å². The van der Waals surface area contributed by atoms with Crippen molar-refractivity contribution in [2.45, 2.75) is 12.5 Å². The molecule has 3 rings (SSSR count). The minimum absolute atomic E-state index is 0.125. The van der Waals surface area contributed by atoms with Crippen LogP contribution in [0.1, 0.15) is 12.0 Å². The summed E-state index contributed by atoms with van der Waals surface area (Å²) >= 11 is 0. The lowest BCUT2D eigenvalue weighted by Gasteiger charge is -2.32. The number of carbonyl (C=O) groups is 1. The molecule has 0 radical (unpaired) electrons. The van der Waals surface area contributed by atoms with Crippen LogP contribution in [0, 0.1) is 0 Å². The summed E-state index contributed by atoms with van der Waals surface area (Å²) in [5, 5.41) is 0. The van der Waals surface area contributed by atoms with E-state index in [0.717, 1.165) is 17.0 Å². The second-order valence-corrected chi connectivity index (χ2v) is 5.43. The van der Waals surface area contributed by atoms with Crippen molar-refractivity contribution in [1.82, 2.24) is 0 Å². The molecule has 4 nitrogen and oxygen atoms in total. The first-order chi connectivity index (χ1) is 11.7. The van der Waals surface area contributed by atoms with Gasteiger partial charge in [0.1, 0.15) is 11.5 Å². The first kappa shape index (κ1) is 15.9. The highest BCUT2D eigenvalue weighted by Crippen LogP contribution is 2.33. The number of methoxy groups -OCH3 is 1. The zero-order valence-electron chi connectivity index (χ0n) is 13.5. The van der Waals surface area contributed by atoms with Crippen molar-refractivity contribution in [2.75, 3.05) is 12.0 Å². The number of benzene rings is 2. The van der Waals surface area contributed by atoms with E-state index in [1.54, 1.807) is 30.2 Å². The Morgan fingerprint density at radius 3 is 2.71 bits per heavy atom. The van der Waals surface area contributed by atoms with Crippen molar-refractivity contribution >= 4 is 17.9 Å². The molecule has 1 unspecified atom stereocenters. The van der Waals surface area contributed by atoms with Crippen LogP contribution < -0.4 is 14.4 Å². The summed E-state index contributed by atoms with van der Waals surface area (Å²) in [6.45, 7) is 3.78. The molecule has 24 heavy (non-hydrogen) atoms. The van der Waals surface area contributed by atoms with Crippen LogP contribution in [-0.4, -0.2) is 19.2 Å². The van der Waals surface area contributed by atoms with Crippen LogP contribution in [0.3, 0.4) is 0 Å². The Hall–Kier alpha value is -3.01. The van der Waals surface area contributed by atoms with Gasteiger partial charge < -0.3 is 9.47 Å². The maximum Gasteiger partial charge on any atom is 0.420 e. The number of rotatable bonds is 4. The largest absolute Gasteiger partial charge is 0.497 e. The Morgan fingerprint density at radius 1 is 1.21 bits per heavy atom. The van der Waals surface area contributed by atoms with Gasteiger partial charge in [-0.3, -0.25) is 4.90 Å². The first-order valence-electron chi connectivity index (χ1n) is 7.76. The van der Waals surface area contributed by atoms with E-state index in [0.29, 0.717) is 12.2 Å². The van der Waals surface area contributed by atoms with E-state index in [-0.39, 0.29) is 6.04 Å². The predicted molar refractivity (Wildman–Crippen MR) is 95.6 cm³/mol. The summed E-state index contributed by atoms with van der Waals surface area (Å²) in [6.07, 6.45) is 6.01. The fourth-order valence-electron chi connectivity index (χ4n) is 2.72. The zero-order valence-corrected chi connectivity index (χ0v) is 13.5. The van der Waals surface area contributed by atoms with Gasteiger partial charge in [0.05, 0.1) is 18.8 Å². The quantitative estimate of drug-likeness (QED) is 0.768. The van der Waals surface area contributed by atoms with Crippen molar-refractivity contribution in [1.29, 1.82) is 0 Å². The molecular formula is C20H19NO3. The summed E-state index contributed by atoms with van der Waals surface area (Å²) in [4.78, 5) is 14.4. The Balaban J connectivity index is 1.94. The maximum atomic E-state index is 12.8. The molecule has 0 aliphatic carbocycles. The number of ether oxygens (including phenoxy) is 2. The van der Waals surface area contributed by atoms with E-state index in [1.807, 2.05) is 48.6 Å².